The normalized spacial score (nSPS) is 18.2. The molecular weight excluding hydrogens is 403 g/mol. The van der Waals surface area contributed by atoms with Crippen molar-refractivity contribution in [3.8, 4) is 11.8 Å². The average Bonchev–Trinajstić information content (AvgIpc) is 2.84. The van der Waals surface area contributed by atoms with E-state index >= 15 is 4.39 Å². The first kappa shape index (κ1) is 23.6. The molecule has 3 aromatic carbocycles. The standard InChI is InChI=1S/C32H37F/c1-3-4-5-6-25-11-13-27(14-12-25)15-16-28-18-22-31-30(23-28)21-20-29(32(31)33)19-17-26-9-7-24(2)8-10-26/h11-14,18,20-24,26H,3-10,17,19H2,1-2H3. The van der Waals surface area contributed by atoms with E-state index in [1.54, 1.807) is 0 Å². The lowest BCUT2D eigenvalue weighted by molar-refractivity contribution is 0.277. The van der Waals surface area contributed by atoms with E-state index < -0.39 is 0 Å². The Bertz CT molecular complexity index is 1100. The van der Waals surface area contributed by atoms with Gasteiger partial charge in [-0.25, -0.2) is 4.39 Å². The van der Waals surface area contributed by atoms with Crippen LogP contribution in [0.3, 0.4) is 0 Å². The molecule has 0 amide bonds. The van der Waals surface area contributed by atoms with E-state index in [9.17, 15) is 0 Å². The van der Waals surface area contributed by atoms with Crippen LogP contribution >= 0.6 is 0 Å². The van der Waals surface area contributed by atoms with Crippen LogP contribution in [-0.2, 0) is 12.8 Å². The lowest BCUT2D eigenvalue weighted by Gasteiger charge is -2.26. The van der Waals surface area contributed by atoms with E-state index in [0.29, 0.717) is 5.39 Å². The van der Waals surface area contributed by atoms with Crippen molar-refractivity contribution in [1.82, 2.24) is 0 Å². The van der Waals surface area contributed by atoms with Crippen molar-refractivity contribution in [2.24, 2.45) is 11.8 Å². The summed E-state index contributed by atoms with van der Waals surface area (Å²) in [4.78, 5) is 0. The molecule has 0 radical (unpaired) electrons. The van der Waals surface area contributed by atoms with Crippen molar-refractivity contribution >= 4 is 10.8 Å². The van der Waals surface area contributed by atoms with Crippen molar-refractivity contribution in [2.75, 3.05) is 0 Å². The number of halogens is 1. The van der Waals surface area contributed by atoms with Crippen LogP contribution in [0.4, 0.5) is 4.39 Å². The second kappa shape index (κ2) is 11.5. The van der Waals surface area contributed by atoms with Crippen molar-refractivity contribution in [3.63, 3.8) is 0 Å². The summed E-state index contributed by atoms with van der Waals surface area (Å²) in [6.07, 6.45) is 12.1. The zero-order valence-electron chi connectivity index (χ0n) is 20.3. The van der Waals surface area contributed by atoms with E-state index in [0.717, 1.165) is 53.2 Å². The summed E-state index contributed by atoms with van der Waals surface area (Å²) in [7, 11) is 0. The Balaban J connectivity index is 1.41. The van der Waals surface area contributed by atoms with Gasteiger partial charge in [0.2, 0.25) is 0 Å². The molecule has 1 saturated carbocycles. The van der Waals surface area contributed by atoms with Gasteiger partial charge < -0.3 is 0 Å². The number of hydrogen-bond donors (Lipinski definition) is 0. The minimum absolute atomic E-state index is 0.0464. The van der Waals surface area contributed by atoms with E-state index in [1.807, 2.05) is 24.3 Å². The summed E-state index contributed by atoms with van der Waals surface area (Å²) in [6, 6.07) is 18.5. The number of aryl methyl sites for hydroxylation is 2. The molecule has 1 aliphatic carbocycles. The number of fused-ring (bicyclic) bond motifs is 1. The second-order valence-electron chi connectivity index (χ2n) is 10.0. The number of unbranched alkanes of at least 4 members (excludes halogenated alkanes) is 2. The second-order valence-corrected chi connectivity index (χ2v) is 10.0. The monoisotopic (exact) mass is 440 g/mol. The molecule has 0 spiro atoms. The molecule has 0 unspecified atom stereocenters. The minimum Gasteiger partial charge on any atom is -0.206 e. The predicted molar refractivity (Wildman–Crippen MR) is 139 cm³/mol. The minimum atomic E-state index is -0.0464. The molecule has 0 nitrogen and oxygen atoms in total. The smallest absolute Gasteiger partial charge is 0.134 e. The first-order valence-electron chi connectivity index (χ1n) is 12.9. The maximum absolute atomic E-state index is 15.2. The largest absolute Gasteiger partial charge is 0.206 e. The maximum atomic E-state index is 15.2. The number of benzene rings is 3. The predicted octanol–water partition coefficient (Wildman–Crippen LogP) is 8.87. The first-order valence-corrected chi connectivity index (χ1v) is 12.9. The van der Waals surface area contributed by atoms with Gasteiger partial charge in [-0.15, -0.1) is 0 Å². The molecule has 3 aromatic rings. The molecule has 33 heavy (non-hydrogen) atoms. The summed E-state index contributed by atoms with van der Waals surface area (Å²) < 4.78 is 15.2. The molecule has 0 aromatic heterocycles. The molecule has 1 heteroatoms. The molecule has 0 bridgehead atoms. The molecule has 0 aliphatic heterocycles. The van der Waals surface area contributed by atoms with Gasteiger partial charge in [-0.3, -0.25) is 0 Å². The van der Waals surface area contributed by atoms with Gasteiger partial charge in [0, 0.05) is 16.5 Å². The molecule has 0 saturated heterocycles. The van der Waals surface area contributed by atoms with Gasteiger partial charge in [-0.2, -0.15) is 0 Å². The summed E-state index contributed by atoms with van der Waals surface area (Å²) in [5, 5.41) is 1.65. The molecule has 0 N–H and O–H groups in total. The van der Waals surface area contributed by atoms with Crippen LogP contribution in [0.1, 0.15) is 87.5 Å². The fourth-order valence-corrected chi connectivity index (χ4v) is 5.06. The zero-order valence-corrected chi connectivity index (χ0v) is 20.3. The van der Waals surface area contributed by atoms with Gasteiger partial charge in [0.05, 0.1) is 0 Å². The van der Waals surface area contributed by atoms with Gasteiger partial charge in [-0.05, 0) is 78.3 Å². The van der Waals surface area contributed by atoms with Crippen LogP contribution in [-0.4, -0.2) is 0 Å². The molecule has 1 aliphatic rings. The Morgan fingerprint density at radius 2 is 1.55 bits per heavy atom. The quantitative estimate of drug-likeness (QED) is 0.254. The Morgan fingerprint density at radius 1 is 0.818 bits per heavy atom. The highest BCUT2D eigenvalue weighted by atomic mass is 19.1. The molecule has 4 rings (SSSR count). The number of rotatable bonds is 7. The van der Waals surface area contributed by atoms with E-state index in [-0.39, 0.29) is 5.82 Å². The van der Waals surface area contributed by atoms with Crippen LogP contribution in [0.2, 0.25) is 0 Å². The lowest BCUT2D eigenvalue weighted by atomic mass is 9.80. The van der Waals surface area contributed by atoms with E-state index in [2.05, 4.69) is 56.0 Å². The summed E-state index contributed by atoms with van der Waals surface area (Å²) in [5.41, 5.74) is 4.19. The average molecular weight is 441 g/mol. The Kier molecular flexibility index (Phi) is 8.22. The van der Waals surface area contributed by atoms with Crippen LogP contribution < -0.4 is 0 Å². The highest BCUT2D eigenvalue weighted by Crippen LogP contribution is 2.32. The fraction of sp³-hybridized carbons (Fsp3) is 0.438. The van der Waals surface area contributed by atoms with Crippen molar-refractivity contribution < 1.29 is 4.39 Å². The van der Waals surface area contributed by atoms with E-state index in [4.69, 9.17) is 0 Å². The zero-order chi connectivity index (χ0) is 23.0. The molecule has 0 heterocycles. The summed E-state index contributed by atoms with van der Waals surface area (Å²) in [6.45, 7) is 4.58. The highest BCUT2D eigenvalue weighted by molar-refractivity contribution is 5.85. The summed E-state index contributed by atoms with van der Waals surface area (Å²) in [5.74, 6) is 8.10. The summed E-state index contributed by atoms with van der Waals surface area (Å²) >= 11 is 0. The van der Waals surface area contributed by atoms with Gasteiger partial charge >= 0.3 is 0 Å². The molecule has 0 atom stereocenters. The SMILES string of the molecule is CCCCCc1ccc(C#Cc2ccc3c(F)c(CCC4CCC(C)CC4)ccc3c2)cc1. The number of hydrogen-bond acceptors (Lipinski definition) is 0. The molecule has 1 fully saturated rings. The Hall–Kier alpha value is -2.59. The maximum Gasteiger partial charge on any atom is 0.134 e. The molecular formula is C32H37F. The third kappa shape index (κ3) is 6.48. The first-order chi connectivity index (χ1) is 16.1. The van der Waals surface area contributed by atoms with Gasteiger partial charge in [-0.1, -0.05) is 94.5 Å². The van der Waals surface area contributed by atoms with Crippen LogP contribution in [0.15, 0.2) is 54.6 Å². The van der Waals surface area contributed by atoms with Crippen molar-refractivity contribution in [1.29, 1.82) is 0 Å². The van der Waals surface area contributed by atoms with Crippen molar-refractivity contribution in [3.05, 3.63) is 82.7 Å². The third-order valence-corrected chi connectivity index (χ3v) is 7.37. The third-order valence-electron chi connectivity index (χ3n) is 7.37. The van der Waals surface area contributed by atoms with Gasteiger partial charge in [0.15, 0.2) is 0 Å². The lowest BCUT2D eigenvalue weighted by Crippen LogP contribution is -2.13. The van der Waals surface area contributed by atoms with Gasteiger partial charge in [0.1, 0.15) is 5.82 Å². The Labute approximate surface area is 199 Å². The van der Waals surface area contributed by atoms with Gasteiger partial charge in [0.25, 0.3) is 0 Å². The van der Waals surface area contributed by atoms with Crippen LogP contribution in [0, 0.1) is 29.5 Å². The van der Waals surface area contributed by atoms with Crippen LogP contribution in [0.25, 0.3) is 10.8 Å². The molecule has 172 valence electrons. The topological polar surface area (TPSA) is 0 Å². The highest BCUT2D eigenvalue weighted by Gasteiger charge is 2.18. The Morgan fingerprint density at radius 3 is 2.30 bits per heavy atom. The van der Waals surface area contributed by atoms with E-state index in [1.165, 1.54) is 50.5 Å². The fourth-order valence-electron chi connectivity index (χ4n) is 5.06. The van der Waals surface area contributed by atoms with Crippen LogP contribution in [0.5, 0.6) is 0 Å². The van der Waals surface area contributed by atoms with Crippen molar-refractivity contribution in [2.45, 2.75) is 78.1 Å².